The van der Waals surface area contributed by atoms with Crippen LogP contribution in [0.4, 0.5) is 0 Å². The Morgan fingerprint density at radius 2 is 1.47 bits per heavy atom. The Bertz CT molecular complexity index is 1200. The van der Waals surface area contributed by atoms with Gasteiger partial charge in [0.25, 0.3) is 5.91 Å². The molecule has 0 radical (unpaired) electrons. The van der Waals surface area contributed by atoms with Crippen molar-refractivity contribution in [3.8, 4) is 0 Å². The van der Waals surface area contributed by atoms with Gasteiger partial charge >= 0.3 is 0 Å². The number of rotatable bonds is 7. The monoisotopic (exact) mass is 482 g/mol. The maximum Gasteiger partial charge on any atom is 0.254 e. The topological polar surface area (TPSA) is 25.2 Å². The number of amides is 1. The molecule has 3 aromatic carbocycles. The van der Waals surface area contributed by atoms with Gasteiger partial charge in [0.1, 0.15) is 0 Å². The Balaban J connectivity index is 1.63. The third-order valence-electron chi connectivity index (χ3n) is 5.19. The normalized spacial score (nSPS) is 10.8. The van der Waals surface area contributed by atoms with Crippen LogP contribution >= 0.6 is 34.8 Å². The summed E-state index contributed by atoms with van der Waals surface area (Å²) in [5.41, 5.74) is 3.53. The van der Waals surface area contributed by atoms with Crippen LogP contribution < -0.4 is 0 Å². The summed E-state index contributed by atoms with van der Waals surface area (Å²) >= 11 is 18.7. The molecule has 0 atom stereocenters. The van der Waals surface area contributed by atoms with Crippen LogP contribution in [0.2, 0.25) is 15.1 Å². The first-order chi connectivity index (χ1) is 15.5. The summed E-state index contributed by atoms with van der Waals surface area (Å²) in [7, 11) is 0. The lowest BCUT2D eigenvalue weighted by molar-refractivity contribution is 0.0726. The van der Waals surface area contributed by atoms with Gasteiger partial charge < -0.3 is 9.47 Å². The van der Waals surface area contributed by atoms with Crippen molar-refractivity contribution in [1.82, 2.24) is 9.47 Å². The smallest absolute Gasteiger partial charge is 0.254 e. The number of hydrogen-bond acceptors (Lipinski definition) is 1. The summed E-state index contributed by atoms with van der Waals surface area (Å²) in [6.07, 6.45) is 2.00. The average molecular weight is 484 g/mol. The summed E-state index contributed by atoms with van der Waals surface area (Å²) in [5.74, 6) is -0.135. The van der Waals surface area contributed by atoms with Gasteiger partial charge in [0, 0.05) is 45.6 Å². The van der Waals surface area contributed by atoms with Gasteiger partial charge in [0.2, 0.25) is 0 Å². The molecule has 0 N–H and O–H groups in total. The number of aromatic nitrogens is 1. The van der Waals surface area contributed by atoms with E-state index in [2.05, 4.69) is 4.57 Å². The Morgan fingerprint density at radius 1 is 0.781 bits per heavy atom. The largest absolute Gasteiger partial charge is 0.345 e. The molecule has 0 spiro atoms. The second-order valence-electron chi connectivity index (χ2n) is 7.52. The quantitative estimate of drug-likeness (QED) is 0.270. The highest BCUT2D eigenvalue weighted by molar-refractivity contribution is 6.35. The molecule has 0 aliphatic rings. The fourth-order valence-electron chi connectivity index (χ4n) is 3.62. The molecule has 4 rings (SSSR count). The molecule has 0 aliphatic heterocycles. The molecule has 0 saturated heterocycles. The minimum Gasteiger partial charge on any atom is -0.345 e. The van der Waals surface area contributed by atoms with Crippen LogP contribution in [0.5, 0.6) is 0 Å². The van der Waals surface area contributed by atoms with E-state index in [-0.39, 0.29) is 5.91 Å². The van der Waals surface area contributed by atoms with E-state index in [4.69, 9.17) is 34.8 Å². The van der Waals surface area contributed by atoms with E-state index >= 15 is 0 Å². The van der Waals surface area contributed by atoms with Gasteiger partial charge in [0.15, 0.2) is 0 Å². The van der Waals surface area contributed by atoms with E-state index in [1.807, 2.05) is 72.9 Å². The molecule has 1 amide bonds. The van der Waals surface area contributed by atoms with Crippen molar-refractivity contribution in [2.24, 2.45) is 0 Å². The SMILES string of the molecule is O=C(c1cc(Cl)cc(Cl)c1)N(Cc1ccccc1)Cc1cccn1Cc1ccccc1Cl. The number of carbonyl (C=O) groups is 1. The van der Waals surface area contributed by atoms with Crippen LogP contribution in [0.1, 0.15) is 27.2 Å². The first-order valence-electron chi connectivity index (χ1n) is 10.2. The molecule has 0 aliphatic carbocycles. The summed E-state index contributed by atoms with van der Waals surface area (Å²) in [4.78, 5) is 15.3. The van der Waals surface area contributed by atoms with E-state index in [9.17, 15) is 4.79 Å². The predicted molar refractivity (Wildman–Crippen MR) is 131 cm³/mol. The van der Waals surface area contributed by atoms with Crippen LogP contribution in [-0.2, 0) is 19.6 Å². The van der Waals surface area contributed by atoms with Crippen LogP contribution in [0, 0.1) is 0 Å². The van der Waals surface area contributed by atoms with Crippen LogP contribution in [0.25, 0.3) is 0 Å². The van der Waals surface area contributed by atoms with Crippen LogP contribution in [0.15, 0.2) is 91.1 Å². The summed E-state index contributed by atoms with van der Waals surface area (Å²) in [5, 5.41) is 1.59. The molecular formula is C26H21Cl3N2O. The highest BCUT2D eigenvalue weighted by Crippen LogP contribution is 2.23. The molecule has 6 heteroatoms. The second-order valence-corrected chi connectivity index (χ2v) is 8.80. The maximum atomic E-state index is 13.5. The number of benzene rings is 3. The molecule has 0 saturated carbocycles. The summed E-state index contributed by atoms with van der Waals surface area (Å²) in [6.45, 7) is 1.51. The van der Waals surface area contributed by atoms with E-state index in [0.29, 0.717) is 35.2 Å². The molecule has 4 aromatic rings. The lowest BCUT2D eigenvalue weighted by Crippen LogP contribution is -2.31. The number of nitrogens with zero attached hydrogens (tertiary/aromatic N) is 2. The maximum absolute atomic E-state index is 13.5. The summed E-state index contributed by atoms with van der Waals surface area (Å²) < 4.78 is 2.11. The molecule has 0 unspecified atom stereocenters. The van der Waals surface area contributed by atoms with Gasteiger partial charge in [-0.1, -0.05) is 83.3 Å². The van der Waals surface area contributed by atoms with Gasteiger partial charge in [-0.3, -0.25) is 4.79 Å². The molecule has 1 heterocycles. The van der Waals surface area contributed by atoms with Crippen molar-refractivity contribution in [1.29, 1.82) is 0 Å². The van der Waals surface area contributed by atoms with Crippen molar-refractivity contribution in [3.63, 3.8) is 0 Å². The first-order valence-corrected chi connectivity index (χ1v) is 11.3. The zero-order valence-electron chi connectivity index (χ0n) is 17.2. The fourth-order valence-corrected chi connectivity index (χ4v) is 4.34. The number of carbonyl (C=O) groups excluding carboxylic acids is 1. The van der Waals surface area contributed by atoms with E-state index in [0.717, 1.165) is 21.8 Å². The Morgan fingerprint density at radius 3 is 2.19 bits per heavy atom. The minimum atomic E-state index is -0.135. The predicted octanol–water partition coefficient (Wildman–Crippen LogP) is 7.34. The summed E-state index contributed by atoms with van der Waals surface area (Å²) in [6, 6.07) is 26.6. The third-order valence-corrected chi connectivity index (χ3v) is 5.99. The minimum absolute atomic E-state index is 0.135. The van der Waals surface area contributed by atoms with E-state index in [1.54, 1.807) is 23.1 Å². The fraction of sp³-hybridized carbons (Fsp3) is 0.115. The lowest BCUT2D eigenvalue weighted by Gasteiger charge is -2.24. The lowest BCUT2D eigenvalue weighted by atomic mass is 10.1. The number of halogens is 3. The van der Waals surface area contributed by atoms with E-state index < -0.39 is 0 Å². The van der Waals surface area contributed by atoms with Crippen LogP contribution in [0.3, 0.4) is 0 Å². The van der Waals surface area contributed by atoms with Crippen molar-refractivity contribution >= 4 is 40.7 Å². The van der Waals surface area contributed by atoms with Gasteiger partial charge in [-0.25, -0.2) is 0 Å². The molecule has 3 nitrogen and oxygen atoms in total. The Labute approximate surface area is 202 Å². The standard InChI is InChI=1S/C26H21Cl3N2O/c27-22-13-21(14-23(28)15-22)26(32)31(16-19-7-2-1-3-8-19)18-24-10-6-12-30(24)17-20-9-4-5-11-25(20)29/h1-15H,16-18H2. The highest BCUT2D eigenvalue weighted by atomic mass is 35.5. The Hall–Kier alpha value is -2.72. The van der Waals surface area contributed by atoms with Crippen molar-refractivity contribution in [2.45, 2.75) is 19.6 Å². The van der Waals surface area contributed by atoms with Crippen molar-refractivity contribution in [3.05, 3.63) is 129 Å². The third kappa shape index (κ3) is 5.55. The van der Waals surface area contributed by atoms with Gasteiger partial charge in [-0.05, 0) is 47.5 Å². The first kappa shape index (κ1) is 22.5. The molecular weight excluding hydrogens is 463 g/mol. The average Bonchev–Trinajstić information content (AvgIpc) is 3.21. The van der Waals surface area contributed by atoms with Gasteiger partial charge in [-0.2, -0.15) is 0 Å². The molecule has 0 fully saturated rings. The molecule has 1 aromatic heterocycles. The van der Waals surface area contributed by atoms with Crippen molar-refractivity contribution < 1.29 is 4.79 Å². The molecule has 32 heavy (non-hydrogen) atoms. The van der Waals surface area contributed by atoms with Gasteiger partial charge in [-0.15, -0.1) is 0 Å². The molecule has 0 bridgehead atoms. The van der Waals surface area contributed by atoms with E-state index in [1.165, 1.54) is 0 Å². The number of hydrogen-bond donors (Lipinski definition) is 0. The van der Waals surface area contributed by atoms with Gasteiger partial charge in [0.05, 0.1) is 6.54 Å². The highest BCUT2D eigenvalue weighted by Gasteiger charge is 2.19. The second kappa shape index (κ2) is 10.3. The van der Waals surface area contributed by atoms with Crippen LogP contribution in [-0.4, -0.2) is 15.4 Å². The molecule has 162 valence electrons. The zero-order valence-corrected chi connectivity index (χ0v) is 19.5. The van der Waals surface area contributed by atoms with Crippen molar-refractivity contribution in [2.75, 3.05) is 0 Å². The zero-order chi connectivity index (χ0) is 22.5. The Kier molecular flexibility index (Phi) is 7.21.